The molecule has 0 saturated carbocycles. The number of hydrogen-bond acceptors (Lipinski definition) is 3. The van der Waals surface area contributed by atoms with E-state index in [2.05, 4.69) is 5.32 Å². The maximum absolute atomic E-state index is 12.4. The Bertz CT molecular complexity index is 293. The second-order valence-corrected chi connectivity index (χ2v) is 3.02. The summed E-state index contributed by atoms with van der Waals surface area (Å²) in [7, 11) is 0. The predicted molar refractivity (Wildman–Crippen MR) is 45.0 cm³/mol. The van der Waals surface area contributed by atoms with Gasteiger partial charge < -0.3 is 16.2 Å². The van der Waals surface area contributed by atoms with Gasteiger partial charge in [0.1, 0.15) is 6.23 Å². The molecule has 14 heavy (non-hydrogen) atoms. The fourth-order valence-corrected chi connectivity index (χ4v) is 1.29. The molecule has 0 fully saturated rings. The van der Waals surface area contributed by atoms with Gasteiger partial charge in [0.05, 0.1) is 5.57 Å². The van der Waals surface area contributed by atoms with Crippen LogP contribution in [0.1, 0.15) is 6.92 Å². The fourth-order valence-electron chi connectivity index (χ4n) is 1.29. The quantitative estimate of drug-likeness (QED) is 0.592. The van der Waals surface area contributed by atoms with Crippen LogP contribution in [-0.2, 0) is 0 Å². The van der Waals surface area contributed by atoms with Gasteiger partial charge in [-0.05, 0) is 13.0 Å². The highest BCUT2D eigenvalue weighted by Crippen LogP contribution is 2.32. The van der Waals surface area contributed by atoms with Crippen LogP contribution >= 0.6 is 0 Å². The molecule has 0 aromatic heterocycles. The Morgan fingerprint density at radius 2 is 2.14 bits per heavy atom. The lowest BCUT2D eigenvalue weighted by Crippen LogP contribution is -2.38. The standard InChI is InChI=1S/C8H11F3N2O/c1-4-2-6(8(9,10)11)5(3-12)7(14)13-4/h2,7,13-14H,3,12H2,1H3. The molecule has 1 atom stereocenters. The van der Waals surface area contributed by atoms with Crippen LogP contribution in [0.25, 0.3) is 0 Å². The monoisotopic (exact) mass is 208 g/mol. The van der Waals surface area contributed by atoms with Crippen LogP contribution in [0.15, 0.2) is 22.9 Å². The van der Waals surface area contributed by atoms with Crippen LogP contribution in [0.2, 0.25) is 0 Å². The number of halogens is 3. The van der Waals surface area contributed by atoms with Gasteiger partial charge in [-0.3, -0.25) is 0 Å². The maximum Gasteiger partial charge on any atom is 0.416 e. The van der Waals surface area contributed by atoms with Gasteiger partial charge in [0.25, 0.3) is 0 Å². The lowest BCUT2D eigenvalue weighted by Gasteiger charge is -2.25. The van der Waals surface area contributed by atoms with Crippen molar-refractivity contribution in [2.45, 2.75) is 19.3 Å². The first-order valence-corrected chi connectivity index (χ1v) is 3.99. The number of aliphatic hydroxyl groups is 1. The summed E-state index contributed by atoms with van der Waals surface area (Å²) in [5, 5.41) is 11.7. The average molecular weight is 208 g/mol. The highest BCUT2D eigenvalue weighted by Gasteiger charge is 2.37. The first kappa shape index (κ1) is 11.1. The van der Waals surface area contributed by atoms with E-state index in [0.717, 1.165) is 6.08 Å². The summed E-state index contributed by atoms with van der Waals surface area (Å²) in [5.74, 6) is 0. The third-order valence-corrected chi connectivity index (χ3v) is 1.93. The Morgan fingerprint density at radius 3 is 2.57 bits per heavy atom. The lowest BCUT2D eigenvalue weighted by molar-refractivity contribution is -0.0908. The third-order valence-electron chi connectivity index (χ3n) is 1.93. The molecule has 1 unspecified atom stereocenters. The molecular formula is C8H11F3N2O. The zero-order valence-electron chi connectivity index (χ0n) is 7.52. The summed E-state index contributed by atoms with van der Waals surface area (Å²) < 4.78 is 37.3. The van der Waals surface area contributed by atoms with Crippen LogP contribution in [0, 0.1) is 0 Å². The van der Waals surface area contributed by atoms with E-state index in [1.807, 2.05) is 0 Å². The van der Waals surface area contributed by atoms with Gasteiger partial charge >= 0.3 is 6.18 Å². The first-order valence-electron chi connectivity index (χ1n) is 3.99. The average Bonchev–Trinajstić information content (AvgIpc) is 2.01. The van der Waals surface area contributed by atoms with Crippen molar-refractivity contribution in [2.24, 2.45) is 5.73 Å². The van der Waals surface area contributed by atoms with E-state index in [9.17, 15) is 18.3 Å². The molecule has 0 radical (unpaired) electrons. The van der Waals surface area contributed by atoms with Crippen LogP contribution in [0.3, 0.4) is 0 Å². The molecule has 1 aliphatic heterocycles. The van der Waals surface area contributed by atoms with E-state index >= 15 is 0 Å². The second-order valence-electron chi connectivity index (χ2n) is 3.02. The van der Waals surface area contributed by atoms with E-state index in [-0.39, 0.29) is 17.8 Å². The maximum atomic E-state index is 12.4. The SMILES string of the molecule is CC1=CC(C(F)(F)F)=C(CN)C(O)N1. The minimum absolute atomic E-state index is 0.233. The van der Waals surface area contributed by atoms with Crippen molar-refractivity contribution in [3.8, 4) is 0 Å². The number of hydrogen-bond donors (Lipinski definition) is 3. The van der Waals surface area contributed by atoms with Crippen molar-refractivity contribution in [1.82, 2.24) is 5.32 Å². The van der Waals surface area contributed by atoms with Gasteiger partial charge in [-0.25, -0.2) is 0 Å². The molecule has 0 aromatic carbocycles. The molecule has 0 amide bonds. The van der Waals surface area contributed by atoms with Crippen molar-refractivity contribution in [2.75, 3.05) is 6.54 Å². The topological polar surface area (TPSA) is 58.3 Å². The number of dihydropyridines is 1. The Morgan fingerprint density at radius 1 is 1.57 bits per heavy atom. The third kappa shape index (κ3) is 2.08. The smallest absolute Gasteiger partial charge is 0.370 e. The summed E-state index contributed by atoms with van der Waals surface area (Å²) >= 11 is 0. The van der Waals surface area contributed by atoms with E-state index in [0.29, 0.717) is 0 Å². The lowest BCUT2D eigenvalue weighted by atomic mass is 10.0. The van der Waals surface area contributed by atoms with E-state index in [1.165, 1.54) is 6.92 Å². The summed E-state index contributed by atoms with van der Waals surface area (Å²) in [5.41, 5.74) is 4.31. The number of nitrogens with one attached hydrogen (secondary N) is 1. The molecule has 0 aromatic rings. The van der Waals surface area contributed by atoms with E-state index < -0.39 is 18.0 Å². The summed E-state index contributed by atoms with van der Waals surface area (Å²) in [4.78, 5) is 0. The molecule has 6 heteroatoms. The van der Waals surface area contributed by atoms with Crippen molar-refractivity contribution in [3.05, 3.63) is 22.9 Å². The van der Waals surface area contributed by atoms with Crippen LogP contribution in [0.4, 0.5) is 13.2 Å². The fraction of sp³-hybridized carbons (Fsp3) is 0.500. The number of rotatable bonds is 1. The highest BCUT2D eigenvalue weighted by molar-refractivity contribution is 5.38. The molecule has 0 bridgehead atoms. The van der Waals surface area contributed by atoms with Gasteiger partial charge in [-0.15, -0.1) is 0 Å². The molecule has 0 spiro atoms. The molecular weight excluding hydrogens is 197 g/mol. The van der Waals surface area contributed by atoms with Gasteiger partial charge in [0.15, 0.2) is 0 Å². The largest absolute Gasteiger partial charge is 0.416 e. The Hall–Kier alpha value is -1.01. The number of allylic oxidation sites excluding steroid dienone is 3. The first-order chi connectivity index (χ1) is 6.36. The van der Waals surface area contributed by atoms with Crippen LogP contribution in [-0.4, -0.2) is 24.1 Å². The summed E-state index contributed by atoms with van der Waals surface area (Å²) in [6, 6.07) is 0. The molecule has 4 N–H and O–H groups in total. The molecule has 0 aliphatic carbocycles. The molecule has 1 heterocycles. The molecule has 3 nitrogen and oxygen atoms in total. The Kier molecular flexibility index (Phi) is 2.86. The Balaban J connectivity index is 3.18. The number of aliphatic hydroxyl groups excluding tert-OH is 1. The molecule has 80 valence electrons. The van der Waals surface area contributed by atoms with Gasteiger partial charge in [-0.2, -0.15) is 13.2 Å². The van der Waals surface area contributed by atoms with Crippen molar-refractivity contribution < 1.29 is 18.3 Å². The van der Waals surface area contributed by atoms with Crippen molar-refractivity contribution >= 4 is 0 Å². The summed E-state index contributed by atoms with van der Waals surface area (Å²) in [6.07, 6.45) is -4.88. The zero-order chi connectivity index (χ0) is 10.9. The molecule has 1 rings (SSSR count). The second kappa shape index (κ2) is 3.62. The van der Waals surface area contributed by atoms with Gasteiger partial charge in [0.2, 0.25) is 0 Å². The minimum atomic E-state index is -4.47. The van der Waals surface area contributed by atoms with Crippen molar-refractivity contribution in [1.29, 1.82) is 0 Å². The van der Waals surface area contributed by atoms with Gasteiger partial charge in [0, 0.05) is 17.8 Å². The molecule has 0 saturated heterocycles. The van der Waals surface area contributed by atoms with E-state index in [4.69, 9.17) is 5.73 Å². The Labute approximate surface area is 79.1 Å². The summed E-state index contributed by atoms with van der Waals surface area (Å²) in [6.45, 7) is 1.12. The van der Waals surface area contributed by atoms with Crippen LogP contribution < -0.4 is 11.1 Å². The normalized spacial score (nSPS) is 23.3. The highest BCUT2D eigenvalue weighted by atomic mass is 19.4. The van der Waals surface area contributed by atoms with Gasteiger partial charge in [-0.1, -0.05) is 0 Å². The van der Waals surface area contributed by atoms with E-state index in [1.54, 1.807) is 0 Å². The van der Waals surface area contributed by atoms with Crippen molar-refractivity contribution in [3.63, 3.8) is 0 Å². The minimum Gasteiger partial charge on any atom is -0.370 e. The predicted octanol–water partition coefficient (Wildman–Crippen LogP) is 0.629. The van der Waals surface area contributed by atoms with Crippen LogP contribution in [0.5, 0.6) is 0 Å². The number of nitrogens with two attached hydrogens (primary N) is 1. The zero-order valence-corrected chi connectivity index (χ0v) is 7.52. The molecule has 1 aliphatic rings. The number of alkyl halides is 3.